The van der Waals surface area contributed by atoms with Gasteiger partial charge in [0, 0.05) is 18.4 Å². The van der Waals surface area contributed by atoms with Crippen LogP contribution < -0.4 is 0 Å². The van der Waals surface area contributed by atoms with Crippen molar-refractivity contribution in [1.82, 2.24) is 4.90 Å². The van der Waals surface area contributed by atoms with Crippen LogP contribution in [0.2, 0.25) is 0 Å². The Hall–Kier alpha value is -1.01. The molecule has 0 spiro atoms. The zero-order chi connectivity index (χ0) is 9.68. The van der Waals surface area contributed by atoms with Crippen molar-refractivity contribution >= 4 is 5.97 Å². The lowest BCUT2D eigenvalue weighted by atomic mass is 10.0. The Kier molecular flexibility index (Phi) is 3.78. The van der Waals surface area contributed by atoms with E-state index < -0.39 is 5.97 Å². The molecule has 0 radical (unpaired) electrons. The number of nitrogens with zero attached hydrogens (tertiary/aromatic N) is 1. The summed E-state index contributed by atoms with van der Waals surface area (Å²) in [4.78, 5) is 12.4. The molecule has 0 aromatic carbocycles. The molecule has 3 heteroatoms. The van der Waals surface area contributed by atoms with Gasteiger partial charge in [0.1, 0.15) is 0 Å². The van der Waals surface area contributed by atoms with Gasteiger partial charge in [-0.1, -0.05) is 12.3 Å². The van der Waals surface area contributed by atoms with E-state index in [1.54, 1.807) is 0 Å². The Morgan fingerprint density at radius 3 is 3.00 bits per heavy atom. The summed E-state index contributed by atoms with van der Waals surface area (Å²) < 4.78 is 0. The van der Waals surface area contributed by atoms with Gasteiger partial charge in [-0.3, -0.25) is 0 Å². The third-order valence-electron chi connectivity index (χ3n) is 2.45. The fraction of sp³-hybridized carbons (Fsp3) is 0.700. The SMILES string of the molecule is CN1CCCCC1CC#CC(=O)O. The monoisotopic (exact) mass is 181 g/mol. The summed E-state index contributed by atoms with van der Waals surface area (Å²) >= 11 is 0. The van der Waals surface area contributed by atoms with Crippen molar-refractivity contribution in [3.63, 3.8) is 0 Å². The van der Waals surface area contributed by atoms with Crippen LogP contribution in [0.4, 0.5) is 0 Å². The molecule has 3 nitrogen and oxygen atoms in total. The number of likely N-dealkylation sites (tertiary alicyclic amines) is 1. The first-order chi connectivity index (χ1) is 6.20. The summed E-state index contributed by atoms with van der Waals surface area (Å²) in [6.45, 7) is 1.11. The minimum atomic E-state index is -1.03. The van der Waals surface area contributed by atoms with Crippen molar-refractivity contribution in [1.29, 1.82) is 0 Å². The number of carbonyl (C=O) groups is 1. The molecule has 13 heavy (non-hydrogen) atoms. The second-order valence-electron chi connectivity index (χ2n) is 3.44. The van der Waals surface area contributed by atoms with E-state index in [0.717, 1.165) is 13.0 Å². The zero-order valence-electron chi connectivity index (χ0n) is 7.92. The molecular formula is C10H15NO2. The lowest BCUT2D eigenvalue weighted by Crippen LogP contribution is -2.35. The Morgan fingerprint density at radius 1 is 1.62 bits per heavy atom. The molecule has 1 aliphatic rings. The highest BCUT2D eigenvalue weighted by molar-refractivity contribution is 5.86. The van der Waals surface area contributed by atoms with Crippen LogP contribution in [0.3, 0.4) is 0 Å². The fourth-order valence-electron chi connectivity index (χ4n) is 1.65. The van der Waals surface area contributed by atoms with E-state index in [4.69, 9.17) is 5.11 Å². The maximum atomic E-state index is 10.1. The number of hydrogen-bond acceptors (Lipinski definition) is 2. The van der Waals surface area contributed by atoms with Crippen LogP contribution in [0.5, 0.6) is 0 Å². The molecule has 0 amide bonds. The Balaban J connectivity index is 2.35. The quantitative estimate of drug-likeness (QED) is 0.612. The molecule has 1 atom stereocenters. The van der Waals surface area contributed by atoms with Gasteiger partial charge in [0.05, 0.1) is 0 Å². The van der Waals surface area contributed by atoms with E-state index in [2.05, 4.69) is 23.8 Å². The minimum absolute atomic E-state index is 0.459. The van der Waals surface area contributed by atoms with Gasteiger partial charge in [0.15, 0.2) is 0 Å². The highest BCUT2D eigenvalue weighted by Crippen LogP contribution is 2.16. The highest BCUT2D eigenvalue weighted by atomic mass is 16.4. The van der Waals surface area contributed by atoms with Crippen LogP contribution in [0.1, 0.15) is 25.7 Å². The third kappa shape index (κ3) is 3.47. The molecule has 1 aliphatic heterocycles. The largest absolute Gasteiger partial charge is 0.472 e. The van der Waals surface area contributed by atoms with Crippen LogP contribution in [0.25, 0.3) is 0 Å². The van der Waals surface area contributed by atoms with Crippen LogP contribution >= 0.6 is 0 Å². The van der Waals surface area contributed by atoms with Crippen molar-refractivity contribution in [2.75, 3.05) is 13.6 Å². The molecule has 0 saturated carbocycles. The lowest BCUT2D eigenvalue weighted by Gasteiger charge is -2.30. The van der Waals surface area contributed by atoms with E-state index in [1.807, 2.05) is 0 Å². The molecule has 1 N–H and O–H groups in total. The van der Waals surface area contributed by atoms with Crippen LogP contribution in [-0.4, -0.2) is 35.6 Å². The molecule has 0 aliphatic carbocycles. The van der Waals surface area contributed by atoms with Gasteiger partial charge in [-0.2, -0.15) is 0 Å². The Labute approximate surface area is 78.7 Å². The van der Waals surface area contributed by atoms with Crippen LogP contribution in [0.15, 0.2) is 0 Å². The molecule has 0 aromatic rings. The van der Waals surface area contributed by atoms with Gasteiger partial charge < -0.3 is 10.0 Å². The summed E-state index contributed by atoms with van der Waals surface area (Å²) in [5.74, 6) is 3.82. The lowest BCUT2D eigenvalue weighted by molar-refractivity contribution is -0.130. The molecule has 0 bridgehead atoms. The second-order valence-corrected chi connectivity index (χ2v) is 3.44. The topological polar surface area (TPSA) is 40.5 Å². The van der Waals surface area contributed by atoms with Gasteiger partial charge in [-0.15, -0.1) is 0 Å². The molecule has 1 heterocycles. The van der Waals surface area contributed by atoms with Crippen molar-refractivity contribution in [3.8, 4) is 11.8 Å². The Morgan fingerprint density at radius 2 is 2.38 bits per heavy atom. The van der Waals surface area contributed by atoms with Crippen LogP contribution in [0, 0.1) is 11.8 Å². The molecule has 1 rings (SSSR count). The average Bonchev–Trinajstić information content (AvgIpc) is 2.08. The first kappa shape index (κ1) is 10.1. The smallest absolute Gasteiger partial charge is 0.381 e. The fourth-order valence-corrected chi connectivity index (χ4v) is 1.65. The number of piperidine rings is 1. The average molecular weight is 181 g/mol. The molecule has 0 aromatic heterocycles. The molecule has 1 saturated heterocycles. The first-order valence-electron chi connectivity index (χ1n) is 4.62. The number of carboxylic acids is 1. The van der Waals surface area contributed by atoms with E-state index in [1.165, 1.54) is 12.8 Å². The number of carboxylic acid groups (broad SMARTS) is 1. The summed E-state index contributed by atoms with van der Waals surface area (Å²) in [6, 6.07) is 0.459. The highest BCUT2D eigenvalue weighted by Gasteiger charge is 2.17. The van der Waals surface area contributed by atoms with Gasteiger partial charge in [-0.05, 0) is 26.4 Å². The van der Waals surface area contributed by atoms with Crippen molar-refractivity contribution in [2.24, 2.45) is 0 Å². The van der Waals surface area contributed by atoms with E-state index in [0.29, 0.717) is 12.5 Å². The van der Waals surface area contributed by atoms with E-state index in [9.17, 15) is 4.79 Å². The summed E-state index contributed by atoms with van der Waals surface area (Å²) in [5, 5.41) is 8.32. The van der Waals surface area contributed by atoms with E-state index in [-0.39, 0.29) is 0 Å². The van der Waals surface area contributed by atoms with Gasteiger partial charge >= 0.3 is 5.97 Å². The normalized spacial score (nSPS) is 23.3. The predicted octanol–water partition coefficient (Wildman–Crippen LogP) is 0.949. The zero-order valence-corrected chi connectivity index (χ0v) is 7.92. The van der Waals surface area contributed by atoms with Crippen molar-refractivity contribution in [3.05, 3.63) is 0 Å². The first-order valence-corrected chi connectivity index (χ1v) is 4.62. The maximum absolute atomic E-state index is 10.1. The van der Waals surface area contributed by atoms with Crippen molar-refractivity contribution in [2.45, 2.75) is 31.7 Å². The molecular weight excluding hydrogens is 166 g/mol. The molecule has 1 fully saturated rings. The minimum Gasteiger partial charge on any atom is -0.472 e. The van der Waals surface area contributed by atoms with E-state index >= 15 is 0 Å². The number of aliphatic carboxylic acids is 1. The van der Waals surface area contributed by atoms with Gasteiger partial charge in [0.25, 0.3) is 0 Å². The molecule has 1 unspecified atom stereocenters. The number of hydrogen-bond donors (Lipinski definition) is 1. The molecule has 72 valence electrons. The van der Waals surface area contributed by atoms with Gasteiger partial charge in [0.2, 0.25) is 0 Å². The second kappa shape index (κ2) is 4.88. The predicted molar refractivity (Wildman–Crippen MR) is 50.3 cm³/mol. The number of rotatable bonds is 1. The summed E-state index contributed by atoms with van der Waals surface area (Å²) in [5.41, 5.74) is 0. The summed E-state index contributed by atoms with van der Waals surface area (Å²) in [6.07, 6.45) is 4.32. The standard InChI is InChI=1S/C10H15NO2/c1-11-8-3-2-5-9(11)6-4-7-10(12)13/h9H,2-3,5-6,8H2,1H3,(H,12,13). The van der Waals surface area contributed by atoms with Gasteiger partial charge in [-0.25, -0.2) is 4.79 Å². The Bertz CT molecular complexity index is 239. The maximum Gasteiger partial charge on any atom is 0.381 e. The van der Waals surface area contributed by atoms with Crippen LogP contribution in [-0.2, 0) is 4.79 Å². The summed E-state index contributed by atoms with van der Waals surface area (Å²) in [7, 11) is 2.08. The third-order valence-corrected chi connectivity index (χ3v) is 2.45. The van der Waals surface area contributed by atoms with Crippen molar-refractivity contribution < 1.29 is 9.90 Å².